The zero-order valence-electron chi connectivity index (χ0n) is 17.8. The molecule has 166 valence electrons. The number of hydrogen-bond acceptors (Lipinski definition) is 5. The van der Waals surface area contributed by atoms with Gasteiger partial charge in [-0.3, -0.25) is 4.79 Å². The number of fused-ring (bicyclic) bond motifs is 1. The number of nitrogens with zero attached hydrogens (tertiary/aromatic N) is 1. The summed E-state index contributed by atoms with van der Waals surface area (Å²) in [5, 5.41) is 0.462. The van der Waals surface area contributed by atoms with Gasteiger partial charge in [0, 0.05) is 24.4 Å². The molecular weight excluding hydrogens is 415 g/mol. The third kappa shape index (κ3) is 3.84. The number of esters is 1. The number of aryl methyl sites for hydroxylation is 1. The molecule has 0 saturated carbocycles. The highest BCUT2D eigenvalue weighted by atomic mass is 19.1. The summed E-state index contributed by atoms with van der Waals surface area (Å²) in [6, 6.07) is 9.04. The Labute approximate surface area is 183 Å². The van der Waals surface area contributed by atoms with Crippen LogP contribution in [0.25, 0.3) is 22.3 Å². The highest BCUT2D eigenvalue weighted by Gasteiger charge is 2.31. The Morgan fingerprint density at radius 1 is 1.22 bits per heavy atom. The number of nitrogens with two attached hydrogens (primary N) is 1. The molecular formula is C24H23FN2O5. The number of carbonyl (C=O) groups is 3. The van der Waals surface area contributed by atoms with Crippen molar-refractivity contribution in [3.63, 3.8) is 0 Å². The molecule has 1 atom stereocenters. The monoisotopic (exact) mass is 438 g/mol. The average Bonchev–Trinajstić information content (AvgIpc) is 3.37. The van der Waals surface area contributed by atoms with Crippen LogP contribution in [0, 0.1) is 5.82 Å². The van der Waals surface area contributed by atoms with Gasteiger partial charge >= 0.3 is 12.1 Å². The van der Waals surface area contributed by atoms with Crippen molar-refractivity contribution in [1.29, 1.82) is 0 Å². The lowest BCUT2D eigenvalue weighted by Crippen LogP contribution is -2.28. The Hall–Kier alpha value is -3.68. The van der Waals surface area contributed by atoms with Gasteiger partial charge in [-0.15, -0.1) is 0 Å². The van der Waals surface area contributed by atoms with Crippen LogP contribution in [-0.4, -0.2) is 29.4 Å². The Bertz CT molecular complexity index is 1220. The fourth-order valence-corrected chi connectivity index (χ4v) is 4.44. The molecule has 2 amide bonds. The van der Waals surface area contributed by atoms with E-state index < -0.39 is 17.9 Å². The minimum absolute atomic E-state index is 0.00632. The van der Waals surface area contributed by atoms with Gasteiger partial charge in [-0.25, -0.2) is 14.0 Å². The van der Waals surface area contributed by atoms with E-state index in [-0.39, 0.29) is 23.3 Å². The molecule has 1 aromatic heterocycles. The topological polar surface area (TPSA) is 103 Å². The van der Waals surface area contributed by atoms with Gasteiger partial charge in [0.25, 0.3) is 0 Å². The number of benzene rings is 2. The maximum absolute atomic E-state index is 13.4. The summed E-state index contributed by atoms with van der Waals surface area (Å²) >= 11 is 0. The maximum atomic E-state index is 13.4. The minimum Gasteiger partial charge on any atom is -0.455 e. The predicted octanol–water partition coefficient (Wildman–Crippen LogP) is 4.72. The molecule has 3 aromatic rings. The van der Waals surface area contributed by atoms with Crippen molar-refractivity contribution in [2.24, 2.45) is 5.73 Å². The van der Waals surface area contributed by atoms with Gasteiger partial charge in [-0.05, 0) is 66.8 Å². The van der Waals surface area contributed by atoms with Crippen LogP contribution >= 0.6 is 0 Å². The molecule has 1 saturated heterocycles. The lowest BCUT2D eigenvalue weighted by Gasteiger charge is -2.25. The van der Waals surface area contributed by atoms with Crippen molar-refractivity contribution in [3.05, 3.63) is 58.9 Å². The SMILES string of the molecule is CCc1cc2c(C(=O)OC(N)=O)c(-c3ccc(F)cc3)oc2cc1C1CCCN1C(C)=O. The summed E-state index contributed by atoms with van der Waals surface area (Å²) in [4.78, 5) is 38.0. The van der Waals surface area contributed by atoms with E-state index in [0.29, 0.717) is 29.5 Å². The second-order valence-corrected chi connectivity index (χ2v) is 7.79. The van der Waals surface area contributed by atoms with Crippen LogP contribution in [0.2, 0.25) is 0 Å². The normalized spacial score (nSPS) is 15.8. The summed E-state index contributed by atoms with van der Waals surface area (Å²) < 4.78 is 24.1. The van der Waals surface area contributed by atoms with Crippen molar-refractivity contribution in [2.45, 2.75) is 39.2 Å². The molecule has 0 aliphatic carbocycles. The van der Waals surface area contributed by atoms with Crippen LogP contribution < -0.4 is 5.73 Å². The molecule has 32 heavy (non-hydrogen) atoms. The van der Waals surface area contributed by atoms with Gasteiger partial charge in [0.1, 0.15) is 22.7 Å². The molecule has 2 N–H and O–H groups in total. The second kappa shape index (κ2) is 8.45. The highest BCUT2D eigenvalue weighted by molar-refractivity contribution is 6.11. The number of rotatable bonds is 4. The highest BCUT2D eigenvalue weighted by Crippen LogP contribution is 2.40. The van der Waals surface area contributed by atoms with Crippen molar-refractivity contribution in [3.8, 4) is 11.3 Å². The van der Waals surface area contributed by atoms with E-state index in [2.05, 4.69) is 4.74 Å². The third-order valence-corrected chi connectivity index (χ3v) is 5.85. The van der Waals surface area contributed by atoms with Gasteiger partial charge in [-0.1, -0.05) is 6.92 Å². The number of likely N-dealkylation sites (tertiary alicyclic amines) is 1. The first-order chi connectivity index (χ1) is 15.3. The van der Waals surface area contributed by atoms with Gasteiger partial charge in [0.15, 0.2) is 0 Å². The number of hydrogen-bond donors (Lipinski definition) is 1. The number of furan rings is 1. The summed E-state index contributed by atoms with van der Waals surface area (Å²) in [6.07, 6.45) is 1.17. The van der Waals surface area contributed by atoms with Crippen molar-refractivity contribution in [2.75, 3.05) is 6.54 Å². The second-order valence-electron chi connectivity index (χ2n) is 7.79. The smallest absolute Gasteiger partial charge is 0.412 e. The Morgan fingerprint density at radius 2 is 1.94 bits per heavy atom. The van der Waals surface area contributed by atoms with Crippen LogP contribution in [0.5, 0.6) is 0 Å². The number of halogens is 1. The molecule has 0 spiro atoms. The predicted molar refractivity (Wildman–Crippen MR) is 115 cm³/mol. The van der Waals surface area contributed by atoms with Gasteiger partial charge in [0.2, 0.25) is 5.91 Å². The quantitative estimate of drug-likeness (QED) is 0.469. The largest absolute Gasteiger partial charge is 0.455 e. The fourth-order valence-electron chi connectivity index (χ4n) is 4.44. The summed E-state index contributed by atoms with van der Waals surface area (Å²) in [6.45, 7) is 4.23. The minimum atomic E-state index is -1.23. The van der Waals surface area contributed by atoms with Gasteiger partial charge in [-0.2, -0.15) is 0 Å². The van der Waals surface area contributed by atoms with Crippen LogP contribution in [0.4, 0.5) is 9.18 Å². The Morgan fingerprint density at radius 3 is 2.56 bits per heavy atom. The van der Waals surface area contributed by atoms with E-state index in [1.807, 2.05) is 24.0 Å². The number of amides is 2. The number of primary amides is 1. The van der Waals surface area contributed by atoms with Crippen molar-refractivity contribution >= 4 is 28.9 Å². The average molecular weight is 438 g/mol. The van der Waals surface area contributed by atoms with Gasteiger partial charge < -0.3 is 19.8 Å². The molecule has 2 heterocycles. The molecule has 1 aliphatic rings. The van der Waals surface area contributed by atoms with E-state index in [9.17, 15) is 18.8 Å². The van der Waals surface area contributed by atoms with E-state index in [1.165, 1.54) is 24.3 Å². The lowest BCUT2D eigenvalue weighted by molar-refractivity contribution is -0.129. The number of carbonyl (C=O) groups excluding carboxylic acids is 3. The molecule has 4 rings (SSSR count). The molecule has 8 heteroatoms. The number of ether oxygens (including phenoxy) is 1. The first kappa shape index (κ1) is 21.5. The molecule has 1 fully saturated rings. The molecule has 0 bridgehead atoms. The standard InChI is InChI=1S/C24H23FN2O5/c1-3-14-11-18-20(12-17(14)19-5-4-10-27(19)13(2)28)31-22(15-6-8-16(25)9-7-15)21(18)23(29)32-24(26)30/h6-9,11-12,19H,3-5,10H2,1-2H3,(H2,26,30). The first-order valence-electron chi connectivity index (χ1n) is 10.4. The van der Waals surface area contributed by atoms with E-state index in [4.69, 9.17) is 10.2 Å². The molecule has 2 aromatic carbocycles. The van der Waals surface area contributed by atoms with Crippen LogP contribution in [0.15, 0.2) is 40.8 Å². The van der Waals surface area contributed by atoms with Gasteiger partial charge in [0.05, 0.1) is 6.04 Å². The zero-order valence-corrected chi connectivity index (χ0v) is 17.8. The van der Waals surface area contributed by atoms with E-state index in [1.54, 1.807) is 6.92 Å². The summed E-state index contributed by atoms with van der Waals surface area (Å²) in [7, 11) is 0. The van der Waals surface area contributed by atoms with E-state index >= 15 is 0 Å². The lowest BCUT2D eigenvalue weighted by atomic mass is 9.94. The van der Waals surface area contributed by atoms with Crippen LogP contribution in [0.1, 0.15) is 54.2 Å². The Balaban J connectivity index is 1.93. The molecule has 1 aliphatic heterocycles. The molecule has 1 unspecified atom stereocenters. The van der Waals surface area contributed by atoms with Crippen molar-refractivity contribution in [1.82, 2.24) is 4.90 Å². The molecule has 0 radical (unpaired) electrons. The zero-order chi connectivity index (χ0) is 23.0. The van der Waals surface area contributed by atoms with Crippen LogP contribution in [-0.2, 0) is 16.0 Å². The Kier molecular flexibility index (Phi) is 5.69. The summed E-state index contributed by atoms with van der Waals surface area (Å²) in [5.74, 6) is -1.23. The van der Waals surface area contributed by atoms with Crippen molar-refractivity contribution < 1.29 is 27.9 Å². The molecule has 7 nitrogen and oxygen atoms in total. The van der Waals surface area contributed by atoms with E-state index in [0.717, 1.165) is 24.0 Å². The maximum Gasteiger partial charge on any atom is 0.412 e. The van der Waals surface area contributed by atoms with Crippen LogP contribution in [0.3, 0.4) is 0 Å². The summed E-state index contributed by atoms with van der Waals surface area (Å²) in [5.41, 5.74) is 7.87. The fraction of sp³-hybridized carbons (Fsp3) is 0.292. The first-order valence-corrected chi connectivity index (χ1v) is 10.4. The third-order valence-electron chi connectivity index (χ3n) is 5.85.